The summed E-state index contributed by atoms with van der Waals surface area (Å²) in [5, 5.41) is 16.6. The molecule has 3 amide bonds. The summed E-state index contributed by atoms with van der Waals surface area (Å²) in [4.78, 5) is 43.5. The Kier molecular flexibility index (Phi) is 7.06. The van der Waals surface area contributed by atoms with Crippen LogP contribution in [0.15, 0.2) is 60.7 Å². The predicted molar refractivity (Wildman–Crippen MR) is 146 cm³/mol. The second-order valence-corrected chi connectivity index (χ2v) is 12.4. The molecule has 0 aliphatic carbocycles. The van der Waals surface area contributed by atoms with E-state index in [2.05, 4.69) is 10.6 Å². The summed E-state index contributed by atoms with van der Waals surface area (Å²) in [5.41, 5.74) is -0.633. The molecule has 6 atom stereocenters. The number of likely N-dealkylation sites (tertiary alicyclic amines) is 1. The third kappa shape index (κ3) is 4.85. The van der Waals surface area contributed by atoms with E-state index in [0.29, 0.717) is 25.8 Å². The van der Waals surface area contributed by atoms with E-state index >= 15 is 0 Å². The highest BCUT2D eigenvalue weighted by atomic mass is 16.5. The minimum absolute atomic E-state index is 0.248. The fraction of sp³-hybridized carbons (Fsp3) is 0.516. The molecule has 2 unspecified atom stereocenters. The minimum atomic E-state index is -1.14. The van der Waals surface area contributed by atoms with Gasteiger partial charge in [-0.2, -0.15) is 0 Å². The maximum atomic E-state index is 14.3. The van der Waals surface area contributed by atoms with Crippen LogP contribution in [0.1, 0.15) is 51.7 Å². The van der Waals surface area contributed by atoms with Gasteiger partial charge in [-0.3, -0.25) is 14.4 Å². The van der Waals surface area contributed by atoms with Crippen molar-refractivity contribution in [1.82, 2.24) is 15.5 Å². The highest BCUT2D eigenvalue weighted by Gasteiger charge is 2.78. The van der Waals surface area contributed by atoms with Gasteiger partial charge in [0.1, 0.15) is 11.6 Å². The van der Waals surface area contributed by atoms with Gasteiger partial charge in [0.2, 0.25) is 17.7 Å². The molecule has 3 fully saturated rings. The number of aliphatic hydroxyl groups excluding tert-OH is 1. The number of aliphatic hydroxyl groups is 1. The van der Waals surface area contributed by atoms with Gasteiger partial charge in [-0.25, -0.2) is 0 Å². The maximum Gasteiger partial charge on any atom is 0.246 e. The first kappa shape index (κ1) is 27.3. The van der Waals surface area contributed by atoms with Crippen molar-refractivity contribution in [2.45, 2.75) is 82.3 Å². The van der Waals surface area contributed by atoms with E-state index < -0.39 is 40.7 Å². The number of hydrogen-bond donors (Lipinski definition) is 3. The molecule has 8 heteroatoms. The van der Waals surface area contributed by atoms with E-state index in [0.717, 1.165) is 11.1 Å². The van der Waals surface area contributed by atoms with E-state index in [1.807, 2.05) is 88.4 Å². The van der Waals surface area contributed by atoms with Crippen molar-refractivity contribution in [2.75, 3.05) is 6.61 Å². The van der Waals surface area contributed by atoms with Crippen molar-refractivity contribution in [3.05, 3.63) is 71.8 Å². The number of rotatable bonds is 8. The van der Waals surface area contributed by atoms with E-state index in [1.54, 1.807) is 0 Å². The summed E-state index contributed by atoms with van der Waals surface area (Å²) < 4.78 is 6.69. The number of benzene rings is 2. The van der Waals surface area contributed by atoms with Gasteiger partial charge in [-0.1, -0.05) is 60.7 Å². The average molecular weight is 534 g/mol. The Morgan fingerprint density at radius 3 is 2.23 bits per heavy atom. The zero-order valence-corrected chi connectivity index (χ0v) is 23.1. The normalized spacial score (nSPS) is 30.2. The van der Waals surface area contributed by atoms with Crippen LogP contribution in [0.4, 0.5) is 0 Å². The monoisotopic (exact) mass is 533 g/mol. The molecule has 3 aliphatic rings. The van der Waals surface area contributed by atoms with Crippen LogP contribution in [-0.4, -0.2) is 63.2 Å². The average Bonchev–Trinajstić information content (AvgIpc) is 3.47. The largest absolute Gasteiger partial charge is 0.394 e. The van der Waals surface area contributed by atoms with Crippen molar-refractivity contribution < 1.29 is 24.2 Å². The van der Waals surface area contributed by atoms with E-state index in [9.17, 15) is 19.5 Å². The van der Waals surface area contributed by atoms with Crippen molar-refractivity contribution in [2.24, 2.45) is 11.8 Å². The van der Waals surface area contributed by atoms with Crippen LogP contribution in [0.25, 0.3) is 0 Å². The highest BCUT2D eigenvalue weighted by Crippen LogP contribution is 2.63. The number of carbonyl (C=O) groups excluding carboxylic acids is 3. The molecule has 2 bridgehead atoms. The lowest BCUT2D eigenvalue weighted by Gasteiger charge is -2.38. The van der Waals surface area contributed by atoms with Crippen LogP contribution >= 0.6 is 0 Å². The van der Waals surface area contributed by atoms with Crippen molar-refractivity contribution >= 4 is 17.7 Å². The zero-order valence-electron chi connectivity index (χ0n) is 23.1. The standard InChI is InChI=1S/C31H39N3O5/c1-29(2,3)33-27(37)25-31-16-15-30(4,39-31)23(26(36)32-18-21-13-9-6-10-14-21)24(31)28(38)34(25)22(19-35)17-20-11-7-5-8-12-20/h5-14,22-25,35H,15-19H2,1-4H3,(H,32,36)(H,33,37)/t22-,23-,24+,25?,30+,31?/m1/s1. The maximum absolute atomic E-state index is 14.3. The lowest BCUT2D eigenvalue weighted by atomic mass is 9.66. The Balaban J connectivity index is 1.51. The quantitative estimate of drug-likeness (QED) is 0.484. The van der Waals surface area contributed by atoms with Crippen molar-refractivity contribution in [1.29, 1.82) is 0 Å². The molecule has 5 rings (SSSR count). The summed E-state index contributed by atoms with van der Waals surface area (Å²) in [6.07, 6.45) is 1.44. The van der Waals surface area contributed by atoms with Gasteiger partial charge in [-0.15, -0.1) is 0 Å². The summed E-state index contributed by atoms with van der Waals surface area (Å²) >= 11 is 0. The number of amides is 3. The Bertz CT molecular complexity index is 1230. The number of nitrogens with zero attached hydrogens (tertiary/aromatic N) is 1. The second-order valence-electron chi connectivity index (χ2n) is 12.4. The van der Waals surface area contributed by atoms with Crippen LogP contribution in [0.5, 0.6) is 0 Å². The Morgan fingerprint density at radius 2 is 1.64 bits per heavy atom. The highest BCUT2D eigenvalue weighted by molar-refractivity contribution is 5.99. The number of fused-ring (bicyclic) bond motifs is 1. The van der Waals surface area contributed by atoms with E-state index in [4.69, 9.17) is 4.74 Å². The lowest BCUT2D eigenvalue weighted by Crippen LogP contribution is -2.60. The van der Waals surface area contributed by atoms with Crippen molar-refractivity contribution in [3.63, 3.8) is 0 Å². The molecule has 0 aromatic heterocycles. The molecule has 39 heavy (non-hydrogen) atoms. The molecule has 1 spiro atoms. The molecule has 3 saturated heterocycles. The molecular formula is C31H39N3O5. The van der Waals surface area contributed by atoms with E-state index in [-0.39, 0.29) is 24.3 Å². The van der Waals surface area contributed by atoms with Crippen LogP contribution in [-0.2, 0) is 32.1 Å². The summed E-state index contributed by atoms with van der Waals surface area (Å²) in [6.45, 7) is 7.58. The summed E-state index contributed by atoms with van der Waals surface area (Å²) in [6, 6.07) is 17.6. The smallest absolute Gasteiger partial charge is 0.246 e. The third-order valence-electron chi connectivity index (χ3n) is 8.47. The zero-order chi connectivity index (χ0) is 28.0. The fourth-order valence-corrected chi connectivity index (χ4v) is 6.93. The topological polar surface area (TPSA) is 108 Å². The van der Waals surface area contributed by atoms with Gasteiger partial charge in [0.25, 0.3) is 0 Å². The van der Waals surface area contributed by atoms with Gasteiger partial charge in [0, 0.05) is 12.1 Å². The summed E-state index contributed by atoms with van der Waals surface area (Å²) in [5.74, 6) is -2.43. The molecular weight excluding hydrogens is 494 g/mol. The van der Waals surface area contributed by atoms with Crippen LogP contribution in [0.3, 0.4) is 0 Å². The molecule has 3 N–H and O–H groups in total. The number of nitrogens with one attached hydrogen (secondary N) is 2. The minimum Gasteiger partial charge on any atom is -0.394 e. The number of hydrogen-bond acceptors (Lipinski definition) is 5. The van der Waals surface area contributed by atoms with Crippen LogP contribution in [0.2, 0.25) is 0 Å². The fourth-order valence-electron chi connectivity index (χ4n) is 6.93. The SMILES string of the molecule is CC(C)(C)NC(=O)C1N([C@@H](CO)Cc2ccccc2)C(=O)[C@@H]2[C@H](C(=O)NCc3ccccc3)[C@]3(C)CCC12O3. The lowest BCUT2D eigenvalue weighted by molar-refractivity contribution is -0.150. The molecule has 8 nitrogen and oxygen atoms in total. The molecule has 2 aromatic rings. The number of carbonyl (C=O) groups is 3. The first-order valence-electron chi connectivity index (χ1n) is 13.8. The van der Waals surface area contributed by atoms with Crippen molar-refractivity contribution in [3.8, 4) is 0 Å². The van der Waals surface area contributed by atoms with Gasteiger partial charge in [-0.05, 0) is 58.1 Å². The number of ether oxygens (including phenoxy) is 1. The Hall–Kier alpha value is -3.23. The second kappa shape index (κ2) is 10.1. The third-order valence-corrected chi connectivity index (χ3v) is 8.47. The molecule has 208 valence electrons. The van der Waals surface area contributed by atoms with Gasteiger partial charge in [0.15, 0.2) is 0 Å². The van der Waals surface area contributed by atoms with E-state index in [1.165, 1.54) is 4.90 Å². The first-order valence-corrected chi connectivity index (χ1v) is 13.8. The van der Waals surface area contributed by atoms with Gasteiger partial charge >= 0.3 is 0 Å². The molecule has 0 radical (unpaired) electrons. The Labute approximate surface area is 230 Å². The molecule has 3 aliphatic heterocycles. The molecule has 2 aromatic carbocycles. The predicted octanol–water partition coefficient (Wildman–Crippen LogP) is 2.59. The molecule has 3 heterocycles. The summed E-state index contributed by atoms with van der Waals surface area (Å²) in [7, 11) is 0. The van der Waals surface area contributed by atoms with Gasteiger partial charge in [0.05, 0.1) is 30.1 Å². The van der Waals surface area contributed by atoms with Crippen LogP contribution < -0.4 is 10.6 Å². The van der Waals surface area contributed by atoms with Gasteiger partial charge < -0.3 is 25.4 Å². The molecule has 0 saturated carbocycles. The Morgan fingerprint density at radius 1 is 1.03 bits per heavy atom. The van der Waals surface area contributed by atoms with Crippen LogP contribution in [0, 0.1) is 11.8 Å². The first-order chi connectivity index (χ1) is 18.5.